The molecule has 1 aromatic rings. The van der Waals surface area contributed by atoms with Crippen LogP contribution in [0.2, 0.25) is 0 Å². The van der Waals surface area contributed by atoms with Crippen molar-refractivity contribution in [1.82, 2.24) is 5.32 Å². The van der Waals surface area contributed by atoms with Crippen LogP contribution >= 0.6 is 12.4 Å². The Morgan fingerprint density at radius 3 is 2.73 bits per heavy atom. The summed E-state index contributed by atoms with van der Waals surface area (Å²) in [5.74, 6) is -0.667. The monoisotopic (exact) mass is 232 g/mol. The molecule has 3 nitrogen and oxygen atoms in total. The topological polar surface area (TPSA) is 55.1 Å². The smallest absolute Gasteiger partial charge is 0.251 e. The Morgan fingerprint density at radius 2 is 2.20 bits per heavy atom. The zero-order valence-corrected chi connectivity index (χ0v) is 9.23. The van der Waals surface area contributed by atoms with Crippen molar-refractivity contribution in [2.45, 2.75) is 6.92 Å². The van der Waals surface area contributed by atoms with E-state index in [9.17, 15) is 9.18 Å². The summed E-state index contributed by atoms with van der Waals surface area (Å²) in [4.78, 5) is 11.3. The zero-order chi connectivity index (χ0) is 10.6. The minimum Gasteiger partial charge on any atom is -0.351 e. The number of halogens is 2. The van der Waals surface area contributed by atoms with Crippen LogP contribution in [0.5, 0.6) is 0 Å². The van der Waals surface area contributed by atoms with E-state index in [1.165, 1.54) is 6.07 Å². The molecule has 0 fully saturated rings. The lowest BCUT2D eigenvalue weighted by Gasteiger charge is -2.04. The van der Waals surface area contributed by atoms with E-state index >= 15 is 0 Å². The Kier molecular flexibility index (Phi) is 5.89. The molecule has 0 spiro atoms. The van der Waals surface area contributed by atoms with Gasteiger partial charge in [-0.2, -0.15) is 0 Å². The van der Waals surface area contributed by atoms with Crippen molar-refractivity contribution < 1.29 is 9.18 Å². The predicted octanol–water partition coefficient (Wildman–Crippen LogP) is 1.24. The van der Waals surface area contributed by atoms with Crippen molar-refractivity contribution in [1.29, 1.82) is 0 Å². The number of aryl methyl sites for hydroxylation is 1. The Balaban J connectivity index is 0.00000196. The quantitative estimate of drug-likeness (QED) is 0.824. The van der Waals surface area contributed by atoms with E-state index < -0.39 is 0 Å². The van der Waals surface area contributed by atoms with Gasteiger partial charge in [0, 0.05) is 18.7 Å². The molecular weight excluding hydrogens is 219 g/mol. The molecule has 0 heterocycles. The maximum atomic E-state index is 13.1. The molecule has 0 saturated heterocycles. The minimum absolute atomic E-state index is 0. The second-order valence-electron chi connectivity index (χ2n) is 3.01. The van der Waals surface area contributed by atoms with Gasteiger partial charge in [0.05, 0.1) is 0 Å². The number of carbonyl (C=O) groups excluding carboxylic acids is 1. The van der Waals surface area contributed by atoms with Gasteiger partial charge in [0.15, 0.2) is 0 Å². The minimum atomic E-state index is -0.370. The molecule has 84 valence electrons. The van der Waals surface area contributed by atoms with Gasteiger partial charge < -0.3 is 11.1 Å². The highest BCUT2D eigenvalue weighted by atomic mass is 35.5. The fraction of sp³-hybridized carbons (Fsp3) is 0.300. The Labute approximate surface area is 94.3 Å². The normalized spacial score (nSPS) is 9.27. The number of hydrogen-bond donors (Lipinski definition) is 2. The molecule has 1 rings (SSSR count). The lowest BCUT2D eigenvalue weighted by atomic mass is 10.1. The first-order valence-corrected chi connectivity index (χ1v) is 4.39. The average Bonchev–Trinajstić information content (AvgIpc) is 2.18. The Morgan fingerprint density at radius 1 is 1.53 bits per heavy atom. The lowest BCUT2D eigenvalue weighted by molar-refractivity contribution is 0.0954. The summed E-state index contributed by atoms with van der Waals surface area (Å²) in [7, 11) is 0. The molecule has 1 aromatic carbocycles. The first-order valence-electron chi connectivity index (χ1n) is 4.39. The third-order valence-electron chi connectivity index (χ3n) is 1.86. The summed E-state index contributed by atoms with van der Waals surface area (Å²) in [6, 6.07) is 4.39. The number of rotatable bonds is 3. The van der Waals surface area contributed by atoms with Crippen LogP contribution in [-0.2, 0) is 0 Å². The molecule has 0 radical (unpaired) electrons. The fourth-order valence-electron chi connectivity index (χ4n) is 1.02. The van der Waals surface area contributed by atoms with E-state index in [2.05, 4.69) is 5.32 Å². The van der Waals surface area contributed by atoms with Crippen LogP contribution in [0.3, 0.4) is 0 Å². The molecule has 1 amide bonds. The molecule has 5 heteroatoms. The van der Waals surface area contributed by atoms with Crippen LogP contribution in [0, 0.1) is 12.7 Å². The molecule has 15 heavy (non-hydrogen) atoms. The van der Waals surface area contributed by atoms with E-state index in [1.54, 1.807) is 19.1 Å². The third kappa shape index (κ3) is 3.85. The predicted molar refractivity (Wildman–Crippen MR) is 59.8 cm³/mol. The van der Waals surface area contributed by atoms with Gasteiger partial charge >= 0.3 is 0 Å². The summed E-state index contributed by atoms with van der Waals surface area (Å²) < 4.78 is 13.1. The molecule has 0 atom stereocenters. The second kappa shape index (κ2) is 6.37. The number of carbonyl (C=O) groups is 1. The van der Waals surface area contributed by atoms with Gasteiger partial charge in [0.25, 0.3) is 5.91 Å². The Bertz CT molecular complexity index is 344. The van der Waals surface area contributed by atoms with Gasteiger partial charge in [-0.3, -0.25) is 4.79 Å². The van der Waals surface area contributed by atoms with Crippen LogP contribution in [0.4, 0.5) is 4.39 Å². The summed E-state index contributed by atoms with van der Waals surface area (Å²) in [6.45, 7) is 2.42. The molecule has 0 bridgehead atoms. The first-order chi connectivity index (χ1) is 6.65. The summed E-state index contributed by atoms with van der Waals surface area (Å²) in [5.41, 5.74) is 6.07. The number of nitrogens with two attached hydrogens (primary N) is 1. The van der Waals surface area contributed by atoms with Gasteiger partial charge in [-0.05, 0) is 24.6 Å². The first kappa shape index (κ1) is 13.9. The van der Waals surface area contributed by atoms with E-state index in [4.69, 9.17) is 5.73 Å². The highest BCUT2D eigenvalue weighted by molar-refractivity contribution is 5.94. The average molecular weight is 233 g/mol. The number of amides is 1. The van der Waals surface area contributed by atoms with E-state index in [1.807, 2.05) is 0 Å². The molecule has 3 N–H and O–H groups in total. The van der Waals surface area contributed by atoms with Gasteiger partial charge in [-0.1, -0.05) is 6.07 Å². The standard InChI is InChI=1S/C10H13FN2O.ClH/c1-7-2-3-8(6-9(7)11)10(14)13-5-4-12;/h2-3,6H,4-5,12H2,1H3,(H,13,14);1H. The number of benzene rings is 1. The molecule has 0 aliphatic rings. The fourth-order valence-corrected chi connectivity index (χ4v) is 1.02. The van der Waals surface area contributed by atoms with Gasteiger partial charge in [-0.25, -0.2) is 4.39 Å². The largest absolute Gasteiger partial charge is 0.351 e. The summed E-state index contributed by atoms with van der Waals surface area (Å²) >= 11 is 0. The van der Waals surface area contributed by atoms with Crippen molar-refractivity contribution in [3.63, 3.8) is 0 Å². The van der Waals surface area contributed by atoms with E-state index in [0.717, 1.165) is 0 Å². The van der Waals surface area contributed by atoms with Crippen LogP contribution in [0.15, 0.2) is 18.2 Å². The maximum Gasteiger partial charge on any atom is 0.251 e. The molecule has 0 aromatic heterocycles. The lowest BCUT2D eigenvalue weighted by Crippen LogP contribution is -2.29. The van der Waals surface area contributed by atoms with Crippen molar-refractivity contribution >= 4 is 18.3 Å². The second-order valence-corrected chi connectivity index (χ2v) is 3.01. The highest BCUT2D eigenvalue weighted by Crippen LogP contribution is 2.08. The van der Waals surface area contributed by atoms with E-state index in [0.29, 0.717) is 24.2 Å². The third-order valence-corrected chi connectivity index (χ3v) is 1.86. The van der Waals surface area contributed by atoms with Crippen LogP contribution < -0.4 is 11.1 Å². The van der Waals surface area contributed by atoms with Crippen LogP contribution in [-0.4, -0.2) is 19.0 Å². The highest BCUT2D eigenvalue weighted by Gasteiger charge is 2.06. The molecule has 0 aliphatic carbocycles. The van der Waals surface area contributed by atoms with Gasteiger partial charge in [0.2, 0.25) is 0 Å². The van der Waals surface area contributed by atoms with Crippen molar-refractivity contribution in [2.75, 3.05) is 13.1 Å². The van der Waals surface area contributed by atoms with E-state index in [-0.39, 0.29) is 24.1 Å². The maximum absolute atomic E-state index is 13.1. The Hall–Kier alpha value is -1.13. The molecule has 0 saturated carbocycles. The molecular formula is C10H14ClFN2O. The summed E-state index contributed by atoms with van der Waals surface area (Å²) in [5, 5.41) is 2.56. The number of hydrogen-bond acceptors (Lipinski definition) is 2. The van der Waals surface area contributed by atoms with Crippen LogP contribution in [0.1, 0.15) is 15.9 Å². The van der Waals surface area contributed by atoms with Gasteiger partial charge in [0.1, 0.15) is 5.82 Å². The number of nitrogens with one attached hydrogen (secondary N) is 1. The molecule has 0 aliphatic heterocycles. The zero-order valence-electron chi connectivity index (χ0n) is 8.42. The van der Waals surface area contributed by atoms with Crippen molar-refractivity contribution in [2.24, 2.45) is 5.73 Å². The summed E-state index contributed by atoms with van der Waals surface area (Å²) in [6.07, 6.45) is 0. The van der Waals surface area contributed by atoms with Gasteiger partial charge in [-0.15, -0.1) is 12.4 Å². The van der Waals surface area contributed by atoms with Crippen molar-refractivity contribution in [3.05, 3.63) is 35.1 Å². The van der Waals surface area contributed by atoms with Crippen molar-refractivity contribution in [3.8, 4) is 0 Å². The van der Waals surface area contributed by atoms with Crippen LogP contribution in [0.25, 0.3) is 0 Å². The SMILES string of the molecule is Cc1ccc(C(=O)NCCN)cc1F.Cl. The molecule has 0 unspecified atom stereocenters.